The van der Waals surface area contributed by atoms with Crippen molar-refractivity contribution in [1.82, 2.24) is 0 Å². The van der Waals surface area contributed by atoms with Gasteiger partial charge in [0.25, 0.3) is 5.91 Å². The molecule has 0 saturated heterocycles. The summed E-state index contributed by atoms with van der Waals surface area (Å²) in [5.74, 6) is -2.23. The smallest absolute Gasteiger partial charge is 0.345 e. The molecule has 8 heteroatoms. The number of rotatable bonds is 4. The molecule has 22 heavy (non-hydrogen) atoms. The Morgan fingerprint density at radius 3 is 2.09 bits per heavy atom. The van der Waals surface area contributed by atoms with Crippen LogP contribution in [0.2, 0.25) is 10.0 Å². The first kappa shape index (κ1) is 18.7. The molecule has 0 radical (unpaired) electrons. The molecule has 0 N–H and O–H groups in total. The van der Waals surface area contributed by atoms with E-state index in [4.69, 9.17) is 32.7 Å². The highest BCUT2D eigenvalue weighted by Gasteiger charge is 2.35. The van der Waals surface area contributed by atoms with Crippen molar-refractivity contribution in [2.24, 2.45) is 0 Å². The van der Waals surface area contributed by atoms with Crippen LogP contribution in [0.1, 0.15) is 20.8 Å². The lowest BCUT2D eigenvalue weighted by molar-refractivity contribution is -0.170. The van der Waals surface area contributed by atoms with Crippen LogP contribution in [0, 0.1) is 0 Å². The Morgan fingerprint density at radius 1 is 1.18 bits per heavy atom. The number of halogens is 3. The number of methoxy groups -OCH3 is 1. The predicted octanol–water partition coefficient (Wildman–Crippen LogP) is 3.57. The van der Waals surface area contributed by atoms with Gasteiger partial charge in [-0.25, -0.2) is 4.79 Å². The summed E-state index contributed by atoms with van der Waals surface area (Å²) in [7, 11) is 1.10. The van der Waals surface area contributed by atoms with Gasteiger partial charge in [-0.15, -0.1) is 5.12 Å². The average molecular weight is 352 g/mol. The van der Waals surface area contributed by atoms with Gasteiger partial charge >= 0.3 is 5.97 Å². The Balaban J connectivity index is 2.98. The summed E-state index contributed by atoms with van der Waals surface area (Å²) in [5.41, 5.74) is -1.05. The zero-order chi connectivity index (χ0) is 17.1. The van der Waals surface area contributed by atoms with Crippen molar-refractivity contribution in [1.29, 1.82) is 0 Å². The largest absolute Gasteiger partial charge is 0.458 e. The molecule has 1 aromatic carbocycles. The van der Waals surface area contributed by atoms with Crippen molar-refractivity contribution in [3.63, 3.8) is 0 Å². The number of esters is 1. The summed E-state index contributed by atoms with van der Waals surface area (Å²) in [6.45, 7) is 4.85. The van der Waals surface area contributed by atoms with Crippen LogP contribution >= 0.6 is 23.2 Å². The number of anilines is 1. The van der Waals surface area contributed by atoms with Crippen molar-refractivity contribution in [3.05, 3.63) is 28.2 Å². The third kappa shape index (κ3) is 5.12. The number of ether oxygens (including phenoxy) is 2. The molecule has 0 aliphatic heterocycles. The summed E-state index contributed by atoms with van der Waals surface area (Å²) in [4.78, 5) is 24.0. The molecule has 0 spiro atoms. The zero-order valence-electron chi connectivity index (χ0n) is 12.5. The second-order valence-electron chi connectivity index (χ2n) is 5.40. The summed E-state index contributed by atoms with van der Waals surface area (Å²) >= 11 is 11.5. The number of carbonyl (C=O) groups excluding carboxylic acids is 2. The molecule has 122 valence electrons. The minimum absolute atomic E-state index is 0.143. The minimum atomic E-state index is -1.73. The van der Waals surface area contributed by atoms with Crippen molar-refractivity contribution in [2.45, 2.75) is 32.5 Å². The number of nitrogens with zero attached hydrogens (tertiary/aromatic N) is 1. The van der Waals surface area contributed by atoms with E-state index in [0.29, 0.717) is 0 Å². The van der Waals surface area contributed by atoms with Gasteiger partial charge < -0.3 is 9.47 Å². The van der Waals surface area contributed by atoms with E-state index in [1.165, 1.54) is 18.2 Å². The van der Waals surface area contributed by atoms with Gasteiger partial charge in [0.1, 0.15) is 5.60 Å². The summed E-state index contributed by atoms with van der Waals surface area (Å²) < 4.78 is 24.0. The van der Waals surface area contributed by atoms with E-state index in [0.717, 1.165) is 7.11 Å². The third-order valence-corrected chi connectivity index (χ3v) is 2.78. The first-order valence-corrected chi connectivity index (χ1v) is 7.02. The lowest BCUT2D eigenvalue weighted by Crippen LogP contribution is -2.43. The van der Waals surface area contributed by atoms with Gasteiger partial charge in [0.2, 0.25) is 6.10 Å². The van der Waals surface area contributed by atoms with Crippen molar-refractivity contribution < 1.29 is 23.5 Å². The molecular formula is C14H16Cl2FNO4. The molecule has 1 amide bonds. The molecule has 1 atom stereocenters. The number of carbonyl (C=O) groups is 2. The lowest BCUT2D eigenvalue weighted by Gasteiger charge is -2.24. The molecule has 1 rings (SSSR count). The number of amides is 1. The van der Waals surface area contributed by atoms with Gasteiger partial charge in [-0.2, -0.15) is 0 Å². The molecule has 5 nitrogen and oxygen atoms in total. The van der Waals surface area contributed by atoms with E-state index in [1.54, 1.807) is 20.8 Å². The predicted molar refractivity (Wildman–Crippen MR) is 81.7 cm³/mol. The van der Waals surface area contributed by atoms with Crippen LogP contribution < -0.4 is 5.12 Å². The maximum absolute atomic E-state index is 14.2. The molecule has 0 heterocycles. The highest BCUT2D eigenvalue weighted by Crippen LogP contribution is 2.26. The zero-order valence-corrected chi connectivity index (χ0v) is 14.0. The van der Waals surface area contributed by atoms with E-state index >= 15 is 0 Å². The fourth-order valence-corrected chi connectivity index (χ4v) is 2.05. The van der Waals surface area contributed by atoms with E-state index in [-0.39, 0.29) is 20.9 Å². The quantitative estimate of drug-likeness (QED) is 0.472. The highest BCUT2D eigenvalue weighted by atomic mass is 35.5. The van der Waals surface area contributed by atoms with E-state index in [2.05, 4.69) is 0 Å². The standard InChI is InChI=1S/C14H16Cl2FNO4/c1-14(2,3)22-13(20)11(21-4)12(19)18(17)10-6-8(15)5-9(16)7-10/h5-7,11H,1-4H3. The topological polar surface area (TPSA) is 55.8 Å². The summed E-state index contributed by atoms with van der Waals surface area (Å²) in [6, 6.07) is 3.76. The third-order valence-electron chi connectivity index (χ3n) is 2.35. The molecule has 0 aliphatic rings. The molecule has 1 aromatic rings. The Labute approximate surface area is 137 Å². The maximum atomic E-state index is 14.2. The van der Waals surface area contributed by atoms with Crippen molar-refractivity contribution in [3.8, 4) is 0 Å². The molecular weight excluding hydrogens is 336 g/mol. The van der Waals surface area contributed by atoms with Gasteiger partial charge in [0.15, 0.2) is 0 Å². The summed E-state index contributed by atoms with van der Waals surface area (Å²) in [6.07, 6.45) is -1.73. The van der Waals surface area contributed by atoms with Crippen LogP contribution in [0.25, 0.3) is 0 Å². The van der Waals surface area contributed by atoms with Gasteiger partial charge in [-0.1, -0.05) is 27.7 Å². The van der Waals surface area contributed by atoms with Gasteiger partial charge in [0.05, 0.1) is 5.69 Å². The van der Waals surface area contributed by atoms with E-state index in [1.807, 2.05) is 0 Å². The lowest BCUT2D eigenvalue weighted by atomic mass is 10.2. The maximum Gasteiger partial charge on any atom is 0.345 e. The van der Waals surface area contributed by atoms with Gasteiger partial charge in [-0.3, -0.25) is 4.79 Å². The second kappa shape index (κ2) is 7.26. The Bertz CT molecular complexity index is 554. The Morgan fingerprint density at radius 2 is 1.68 bits per heavy atom. The molecule has 0 bridgehead atoms. The van der Waals surface area contributed by atoms with Crippen LogP contribution in [0.5, 0.6) is 0 Å². The number of hydrogen-bond donors (Lipinski definition) is 0. The molecule has 0 saturated carbocycles. The van der Waals surface area contributed by atoms with Crippen LogP contribution in [0.4, 0.5) is 10.2 Å². The molecule has 0 fully saturated rings. The second-order valence-corrected chi connectivity index (χ2v) is 6.27. The van der Waals surface area contributed by atoms with Gasteiger partial charge in [-0.05, 0) is 39.0 Å². The number of hydrogen-bond acceptors (Lipinski definition) is 4. The molecule has 1 unspecified atom stereocenters. The normalized spacial score (nSPS) is 12.7. The Kier molecular flexibility index (Phi) is 6.17. The van der Waals surface area contributed by atoms with E-state index in [9.17, 15) is 14.1 Å². The first-order chi connectivity index (χ1) is 10.0. The van der Waals surface area contributed by atoms with Crippen LogP contribution in [0.3, 0.4) is 0 Å². The fraction of sp³-hybridized carbons (Fsp3) is 0.429. The van der Waals surface area contributed by atoms with Crippen molar-refractivity contribution in [2.75, 3.05) is 12.2 Å². The average Bonchev–Trinajstić information content (AvgIpc) is 2.35. The van der Waals surface area contributed by atoms with Gasteiger partial charge in [0, 0.05) is 17.2 Å². The monoisotopic (exact) mass is 351 g/mol. The van der Waals surface area contributed by atoms with E-state index < -0.39 is 23.6 Å². The Hall–Kier alpha value is -1.37. The first-order valence-electron chi connectivity index (χ1n) is 6.26. The molecule has 0 aromatic heterocycles. The highest BCUT2D eigenvalue weighted by molar-refractivity contribution is 6.35. The minimum Gasteiger partial charge on any atom is -0.458 e. The van der Waals surface area contributed by atoms with Crippen LogP contribution in [-0.4, -0.2) is 30.7 Å². The van der Waals surface area contributed by atoms with Crippen molar-refractivity contribution >= 4 is 40.8 Å². The SMILES string of the molecule is COC(C(=O)OC(C)(C)C)C(=O)N(F)c1cc(Cl)cc(Cl)c1. The number of benzene rings is 1. The fourth-order valence-electron chi connectivity index (χ4n) is 1.54. The van der Waals surface area contributed by atoms with Crippen LogP contribution in [-0.2, 0) is 19.1 Å². The van der Waals surface area contributed by atoms with Crippen LogP contribution in [0.15, 0.2) is 18.2 Å². The summed E-state index contributed by atoms with van der Waals surface area (Å²) in [5, 5.41) is 0.0314. The molecule has 0 aliphatic carbocycles.